The van der Waals surface area contributed by atoms with Crippen molar-refractivity contribution in [3.05, 3.63) is 41.5 Å². The van der Waals surface area contributed by atoms with Crippen LogP contribution in [0.4, 0.5) is 0 Å². The fourth-order valence-electron chi connectivity index (χ4n) is 3.56. The Morgan fingerprint density at radius 3 is 2.48 bits per heavy atom. The number of aryl methyl sites for hydroxylation is 1. The van der Waals surface area contributed by atoms with Crippen molar-refractivity contribution in [1.82, 2.24) is 25.4 Å². The van der Waals surface area contributed by atoms with Crippen LogP contribution in [0.15, 0.2) is 29.3 Å². The third-order valence-electron chi connectivity index (χ3n) is 5.86. The first-order valence-electron chi connectivity index (χ1n) is 10.4. The van der Waals surface area contributed by atoms with Gasteiger partial charge in [-0.3, -0.25) is 0 Å². The molecule has 0 spiro atoms. The molecule has 0 saturated heterocycles. The number of benzene rings is 1. The molecule has 29 heavy (non-hydrogen) atoms. The summed E-state index contributed by atoms with van der Waals surface area (Å²) in [5.41, 5.74) is 1.59. The van der Waals surface area contributed by atoms with Crippen LogP contribution in [0.5, 0.6) is 5.75 Å². The van der Waals surface area contributed by atoms with Gasteiger partial charge in [0.1, 0.15) is 11.6 Å². The lowest BCUT2D eigenvalue weighted by Crippen LogP contribution is -2.45. The Balaban J connectivity index is 1.66. The van der Waals surface area contributed by atoms with Crippen LogP contribution in [-0.2, 0) is 20.1 Å². The molecule has 7 heteroatoms. The lowest BCUT2D eigenvalue weighted by Gasteiger charge is -2.35. The molecule has 1 aliphatic carbocycles. The Labute approximate surface area is 174 Å². The molecule has 1 fully saturated rings. The zero-order valence-corrected chi connectivity index (χ0v) is 18.3. The van der Waals surface area contributed by atoms with E-state index in [9.17, 15) is 0 Å². The highest BCUT2D eigenvalue weighted by Gasteiger charge is 2.27. The van der Waals surface area contributed by atoms with E-state index in [1.165, 1.54) is 25.7 Å². The van der Waals surface area contributed by atoms with E-state index in [-0.39, 0.29) is 0 Å². The quantitative estimate of drug-likeness (QED) is 0.577. The largest absolute Gasteiger partial charge is 0.497 e. The molecule has 1 aliphatic rings. The molecule has 0 atom stereocenters. The van der Waals surface area contributed by atoms with Gasteiger partial charge in [-0.15, -0.1) is 10.2 Å². The van der Waals surface area contributed by atoms with E-state index >= 15 is 0 Å². The summed E-state index contributed by atoms with van der Waals surface area (Å²) in [6.45, 7) is 7.86. The molecule has 0 radical (unpaired) electrons. The Morgan fingerprint density at radius 2 is 1.90 bits per heavy atom. The summed E-state index contributed by atoms with van der Waals surface area (Å²) in [7, 11) is 3.66. The average molecular weight is 399 g/mol. The number of ether oxygens (including phenoxy) is 1. The first-order valence-corrected chi connectivity index (χ1v) is 10.4. The van der Waals surface area contributed by atoms with Gasteiger partial charge in [0.2, 0.25) is 0 Å². The normalized spacial score (nSPS) is 17.2. The maximum Gasteiger partial charge on any atom is 0.192 e. The maximum atomic E-state index is 5.24. The van der Waals surface area contributed by atoms with Gasteiger partial charge in [0, 0.05) is 13.1 Å². The zero-order chi connectivity index (χ0) is 20.9. The Bertz CT molecular complexity index is 814. The lowest BCUT2D eigenvalue weighted by molar-refractivity contribution is 0.216. The van der Waals surface area contributed by atoms with Gasteiger partial charge < -0.3 is 19.9 Å². The molecule has 0 amide bonds. The monoisotopic (exact) mass is 398 g/mol. The van der Waals surface area contributed by atoms with E-state index in [4.69, 9.17) is 9.73 Å². The third-order valence-corrected chi connectivity index (χ3v) is 5.86. The minimum Gasteiger partial charge on any atom is -0.497 e. The van der Waals surface area contributed by atoms with Gasteiger partial charge in [0.25, 0.3) is 0 Å². The first-order chi connectivity index (χ1) is 13.9. The van der Waals surface area contributed by atoms with Crippen LogP contribution < -0.4 is 15.4 Å². The van der Waals surface area contributed by atoms with Crippen molar-refractivity contribution in [1.29, 1.82) is 0 Å². The molecule has 3 rings (SSSR count). The van der Waals surface area contributed by atoms with E-state index in [2.05, 4.69) is 46.8 Å². The molecule has 2 aromatic rings. The first kappa shape index (κ1) is 21.1. The predicted molar refractivity (Wildman–Crippen MR) is 116 cm³/mol. The Hall–Kier alpha value is -2.57. The van der Waals surface area contributed by atoms with Crippen molar-refractivity contribution in [2.24, 2.45) is 17.5 Å². The molecule has 0 bridgehead atoms. The van der Waals surface area contributed by atoms with Crippen molar-refractivity contribution in [2.45, 2.75) is 65.6 Å². The Kier molecular flexibility index (Phi) is 6.77. The highest BCUT2D eigenvalue weighted by molar-refractivity contribution is 5.80. The molecule has 1 saturated carbocycles. The van der Waals surface area contributed by atoms with Gasteiger partial charge in [0.05, 0.1) is 20.2 Å². The minimum absolute atomic E-state index is 0.447. The number of aliphatic imine (C=N–C) groups is 1. The van der Waals surface area contributed by atoms with E-state index in [0.717, 1.165) is 28.9 Å². The number of hydrogen-bond acceptors (Lipinski definition) is 4. The Morgan fingerprint density at radius 1 is 1.21 bits per heavy atom. The zero-order valence-electron chi connectivity index (χ0n) is 18.3. The summed E-state index contributed by atoms with van der Waals surface area (Å²) in [6.07, 6.45) is 4.80. The number of guanidine groups is 1. The van der Waals surface area contributed by atoms with Crippen molar-refractivity contribution in [3.8, 4) is 5.75 Å². The molecule has 7 nitrogen and oxygen atoms in total. The van der Waals surface area contributed by atoms with Crippen LogP contribution in [0.3, 0.4) is 0 Å². The smallest absolute Gasteiger partial charge is 0.192 e. The molecule has 1 heterocycles. The molecule has 1 aromatic heterocycles. The van der Waals surface area contributed by atoms with Crippen LogP contribution in [0.1, 0.15) is 56.7 Å². The summed E-state index contributed by atoms with van der Waals surface area (Å²) >= 11 is 0. The SMILES string of the molecule is COc1ccc(CN=C(NCc2nnc(C)n2C)NC2CCC(C)(C)CC2)cc1. The molecule has 158 valence electrons. The van der Waals surface area contributed by atoms with Gasteiger partial charge in [-0.25, -0.2) is 4.99 Å². The van der Waals surface area contributed by atoms with Crippen molar-refractivity contribution >= 4 is 5.96 Å². The van der Waals surface area contributed by atoms with E-state index in [0.29, 0.717) is 24.5 Å². The van der Waals surface area contributed by atoms with Crippen molar-refractivity contribution < 1.29 is 4.74 Å². The maximum absolute atomic E-state index is 5.24. The topological polar surface area (TPSA) is 76.4 Å². The van der Waals surface area contributed by atoms with Crippen molar-refractivity contribution in [3.63, 3.8) is 0 Å². The summed E-state index contributed by atoms with van der Waals surface area (Å²) in [5, 5.41) is 15.5. The highest BCUT2D eigenvalue weighted by Crippen LogP contribution is 2.34. The van der Waals surface area contributed by atoms with Gasteiger partial charge in [-0.05, 0) is 55.7 Å². The summed E-state index contributed by atoms with van der Waals surface area (Å²) in [6, 6.07) is 8.49. The van der Waals surface area contributed by atoms with Gasteiger partial charge in [-0.1, -0.05) is 26.0 Å². The van der Waals surface area contributed by atoms with Crippen LogP contribution in [0, 0.1) is 12.3 Å². The fraction of sp³-hybridized carbons (Fsp3) is 0.591. The second kappa shape index (κ2) is 9.29. The molecule has 0 aliphatic heterocycles. The van der Waals surface area contributed by atoms with Crippen LogP contribution in [-0.4, -0.2) is 33.9 Å². The number of hydrogen-bond donors (Lipinski definition) is 2. The molecular weight excluding hydrogens is 364 g/mol. The van der Waals surface area contributed by atoms with Crippen LogP contribution in [0.25, 0.3) is 0 Å². The predicted octanol–water partition coefficient (Wildman–Crippen LogP) is 3.34. The minimum atomic E-state index is 0.447. The average Bonchev–Trinajstić information content (AvgIpc) is 3.04. The van der Waals surface area contributed by atoms with Gasteiger partial charge in [0.15, 0.2) is 11.8 Å². The van der Waals surface area contributed by atoms with Crippen LogP contribution >= 0.6 is 0 Å². The molecule has 1 aromatic carbocycles. The standard InChI is InChI=1S/C22H34N6O/c1-16-26-27-20(28(16)4)15-24-21(25-18-10-12-22(2,3)13-11-18)23-14-17-6-8-19(29-5)9-7-17/h6-9,18H,10-15H2,1-5H3,(H2,23,24,25). The summed E-state index contributed by atoms with van der Waals surface area (Å²) in [5.74, 6) is 3.48. The molecule has 0 unspecified atom stereocenters. The second-order valence-electron chi connectivity index (χ2n) is 8.67. The van der Waals surface area contributed by atoms with Gasteiger partial charge in [-0.2, -0.15) is 0 Å². The third kappa shape index (κ3) is 5.95. The lowest BCUT2D eigenvalue weighted by atomic mass is 9.75. The number of methoxy groups -OCH3 is 1. The van der Waals surface area contributed by atoms with Crippen molar-refractivity contribution in [2.75, 3.05) is 7.11 Å². The number of rotatable bonds is 6. The fourth-order valence-corrected chi connectivity index (χ4v) is 3.56. The van der Waals surface area contributed by atoms with E-state index in [1.807, 2.05) is 30.7 Å². The van der Waals surface area contributed by atoms with E-state index < -0.39 is 0 Å². The summed E-state index contributed by atoms with van der Waals surface area (Å²) < 4.78 is 7.23. The highest BCUT2D eigenvalue weighted by atomic mass is 16.5. The van der Waals surface area contributed by atoms with E-state index in [1.54, 1.807) is 7.11 Å². The van der Waals surface area contributed by atoms with Crippen LogP contribution in [0.2, 0.25) is 0 Å². The molecule has 2 N–H and O–H groups in total. The second-order valence-corrected chi connectivity index (χ2v) is 8.67. The number of aromatic nitrogens is 3. The van der Waals surface area contributed by atoms with Gasteiger partial charge >= 0.3 is 0 Å². The summed E-state index contributed by atoms with van der Waals surface area (Å²) in [4.78, 5) is 4.83. The number of nitrogens with zero attached hydrogens (tertiary/aromatic N) is 4. The number of nitrogens with one attached hydrogen (secondary N) is 2. The molecular formula is C22H34N6O.